The van der Waals surface area contributed by atoms with Crippen LogP contribution in [-0.2, 0) is 16.6 Å². The molecule has 158 valence electrons. The van der Waals surface area contributed by atoms with Gasteiger partial charge in [-0.05, 0) is 43.2 Å². The molecule has 0 aliphatic heterocycles. The number of nitrogens with zero attached hydrogens (tertiary/aromatic N) is 1. The van der Waals surface area contributed by atoms with Crippen molar-refractivity contribution < 1.29 is 22.7 Å². The molecule has 2 aromatic carbocycles. The van der Waals surface area contributed by atoms with Gasteiger partial charge in [0, 0.05) is 26.2 Å². The van der Waals surface area contributed by atoms with Crippen molar-refractivity contribution in [1.82, 2.24) is 9.62 Å². The van der Waals surface area contributed by atoms with Crippen LogP contribution in [0.1, 0.15) is 36.2 Å². The number of ether oxygens (including phenoxy) is 2. The number of amides is 1. The monoisotopic (exact) mass is 420 g/mol. The molecule has 0 saturated heterocycles. The standard InChI is InChI=1S/C21H28N2O5S/c1-5-13-28-18-12-11-16(14-19(18)27-6-2)21(24)22-15-17-9-7-8-10-20(17)29(25,26)23(3)4/h7-12,14H,5-6,13,15H2,1-4H3,(H,22,24). The molecule has 0 aromatic heterocycles. The molecule has 0 radical (unpaired) electrons. The summed E-state index contributed by atoms with van der Waals surface area (Å²) in [5.74, 6) is 0.766. The Kier molecular flexibility index (Phi) is 8.04. The van der Waals surface area contributed by atoms with E-state index in [0.717, 1.165) is 10.7 Å². The van der Waals surface area contributed by atoms with Crippen molar-refractivity contribution in [3.05, 3.63) is 53.6 Å². The van der Waals surface area contributed by atoms with Crippen LogP contribution in [0.5, 0.6) is 11.5 Å². The van der Waals surface area contributed by atoms with Crippen molar-refractivity contribution in [3.8, 4) is 11.5 Å². The number of benzene rings is 2. The zero-order chi connectivity index (χ0) is 21.4. The molecule has 8 heteroatoms. The fourth-order valence-electron chi connectivity index (χ4n) is 2.62. The predicted molar refractivity (Wildman–Crippen MR) is 112 cm³/mol. The summed E-state index contributed by atoms with van der Waals surface area (Å²) < 4.78 is 37.4. The van der Waals surface area contributed by atoms with E-state index in [1.165, 1.54) is 20.2 Å². The van der Waals surface area contributed by atoms with Gasteiger partial charge in [-0.1, -0.05) is 25.1 Å². The first-order chi connectivity index (χ1) is 13.8. The summed E-state index contributed by atoms with van der Waals surface area (Å²) in [7, 11) is -0.655. The number of carbonyl (C=O) groups excluding carboxylic acids is 1. The Hall–Kier alpha value is -2.58. The molecule has 0 saturated carbocycles. The van der Waals surface area contributed by atoms with Crippen LogP contribution < -0.4 is 14.8 Å². The third kappa shape index (κ3) is 5.71. The van der Waals surface area contributed by atoms with Gasteiger partial charge in [0.1, 0.15) is 0 Å². The van der Waals surface area contributed by atoms with Gasteiger partial charge in [-0.3, -0.25) is 4.79 Å². The number of hydrogen-bond acceptors (Lipinski definition) is 5. The van der Waals surface area contributed by atoms with Gasteiger partial charge in [0.25, 0.3) is 5.91 Å². The molecule has 7 nitrogen and oxygen atoms in total. The second-order valence-corrected chi connectivity index (χ2v) is 8.64. The predicted octanol–water partition coefficient (Wildman–Crippen LogP) is 3.05. The first-order valence-electron chi connectivity index (χ1n) is 9.49. The Labute approximate surface area is 172 Å². The molecule has 0 spiro atoms. The van der Waals surface area contributed by atoms with Crippen LogP contribution in [0.25, 0.3) is 0 Å². The Balaban J connectivity index is 2.19. The Bertz CT molecular complexity index is 942. The molecule has 1 N–H and O–H groups in total. The highest BCUT2D eigenvalue weighted by Crippen LogP contribution is 2.29. The van der Waals surface area contributed by atoms with Gasteiger partial charge in [0.15, 0.2) is 11.5 Å². The van der Waals surface area contributed by atoms with Crippen molar-refractivity contribution >= 4 is 15.9 Å². The van der Waals surface area contributed by atoms with E-state index in [0.29, 0.717) is 35.8 Å². The highest BCUT2D eigenvalue weighted by atomic mass is 32.2. The van der Waals surface area contributed by atoms with Crippen LogP contribution in [0.15, 0.2) is 47.4 Å². The summed E-state index contributed by atoms with van der Waals surface area (Å²) in [6, 6.07) is 11.6. The van der Waals surface area contributed by atoms with E-state index in [2.05, 4.69) is 5.32 Å². The second-order valence-electron chi connectivity index (χ2n) is 6.52. The number of sulfonamides is 1. The lowest BCUT2D eigenvalue weighted by molar-refractivity contribution is 0.0950. The van der Waals surface area contributed by atoms with Gasteiger partial charge in [-0.2, -0.15) is 0 Å². The summed E-state index contributed by atoms with van der Waals surface area (Å²) in [6.45, 7) is 4.96. The zero-order valence-electron chi connectivity index (χ0n) is 17.3. The molecule has 2 rings (SSSR count). The van der Waals surface area contributed by atoms with Crippen LogP contribution in [0, 0.1) is 0 Å². The molecule has 0 fully saturated rings. The Morgan fingerprint density at radius 3 is 2.41 bits per heavy atom. The van der Waals surface area contributed by atoms with Crippen LogP contribution in [0.3, 0.4) is 0 Å². The Morgan fingerprint density at radius 1 is 1.03 bits per heavy atom. The largest absolute Gasteiger partial charge is 0.490 e. The minimum atomic E-state index is -3.60. The number of hydrogen-bond donors (Lipinski definition) is 1. The lowest BCUT2D eigenvalue weighted by atomic mass is 10.1. The minimum Gasteiger partial charge on any atom is -0.490 e. The maximum atomic E-state index is 12.6. The van der Waals surface area contributed by atoms with E-state index < -0.39 is 10.0 Å². The number of rotatable bonds is 10. The highest BCUT2D eigenvalue weighted by molar-refractivity contribution is 7.89. The SMILES string of the molecule is CCCOc1ccc(C(=O)NCc2ccccc2S(=O)(=O)N(C)C)cc1OCC. The first kappa shape index (κ1) is 22.7. The van der Waals surface area contributed by atoms with Gasteiger partial charge in [-0.15, -0.1) is 0 Å². The van der Waals surface area contributed by atoms with E-state index in [1.807, 2.05) is 13.8 Å². The van der Waals surface area contributed by atoms with Gasteiger partial charge in [0.2, 0.25) is 10.0 Å². The molecule has 29 heavy (non-hydrogen) atoms. The van der Waals surface area contributed by atoms with Crippen molar-refractivity contribution in [2.45, 2.75) is 31.7 Å². The maximum absolute atomic E-state index is 12.6. The maximum Gasteiger partial charge on any atom is 0.251 e. The molecule has 1 amide bonds. The summed E-state index contributed by atoms with van der Waals surface area (Å²) in [6.07, 6.45) is 0.864. The van der Waals surface area contributed by atoms with Gasteiger partial charge < -0.3 is 14.8 Å². The number of nitrogens with one attached hydrogen (secondary N) is 1. The van der Waals surface area contributed by atoms with Crippen LogP contribution >= 0.6 is 0 Å². The average Bonchev–Trinajstić information content (AvgIpc) is 2.71. The third-order valence-electron chi connectivity index (χ3n) is 4.14. The quantitative estimate of drug-likeness (QED) is 0.639. The third-order valence-corrected chi connectivity index (χ3v) is 6.05. The van der Waals surface area contributed by atoms with E-state index in [-0.39, 0.29) is 17.3 Å². The highest BCUT2D eigenvalue weighted by Gasteiger charge is 2.21. The van der Waals surface area contributed by atoms with Crippen LogP contribution in [-0.4, -0.2) is 45.9 Å². The topological polar surface area (TPSA) is 84.9 Å². The summed E-state index contributed by atoms with van der Waals surface area (Å²) in [5, 5.41) is 2.78. The molecule has 0 bridgehead atoms. The summed E-state index contributed by atoms with van der Waals surface area (Å²) in [4.78, 5) is 12.8. The van der Waals surface area contributed by atoms with Crippen molar-refractivity contribution in [2.75, 3.05) is 27.3 Å². The average molecular weight is 421 g/mol. The van der Waals surface area contributed by atoms with Gasteiger partial charge >= 0.3 is 0 Å². The zero-order valence-corrected chi connectivity index (χ0v) is 18.1. The van der Waals surface area contributed by atoms with E-state index in [4.69, 9.17) is 9.47 Å². The molecule has 0 heterocycles. The van der Waals surface area contributed by atoms with E-state index in [1.54, 1.807) is 36.4 Å². The molecule has 2 aromatic rings. The van der Waals surface area contributed by atoms with Gasteiger partial charge in [0.05, 0.1) is 18.1 Å². The van der Waals surface area contributed by atoms with Crippen molar-refractivity contribution in [1.29, 1.82) is 0 Å². The number of carbonyl (C=O) groups is 1. The fourth-order valence-corrected chi connectivity index (χ4v) is 3.74. The second kappa shape index (κ2) is 10.3. The molecule has 0 unspecified atom stereocenters. The van der Waals surface area contributed by atoms with Crippen LogP contribution in [0.2, 0.25) is 0 Å². The normalized spacial score (nSPS) is 11.3. The van der Waals surface area contributed by atoms with Gasteiger partial charge in [-0.25, -0.2) is 12.7 Å². The van der Waals surface area contributed by atoms with E-state index in [9.17, 15) is 13.2 Å². The molecule has 0 atom stereocenters. The first-order valence-corrected chi connectivity index (χ1v) is 10.9. The summed E-state index contributed by atoms with van der Waals surface area (Å²) >= 11 is 0. The molecular formula is C21H28N2O5S. The lowest BCUT2D eigenvalue weighted by Gasteiger charge is -2.16. The van der Waals surface area contributed by atoms with Crippen LogP contribution in [0.4, 0.5) is 0 Å². The Morgan fingerprint density at radius 2 is 1.76 bits per heavy atom. The minimum absolute atomic E-state index is 0.0835. The summed E-state index contributed by atoms with van der Waals surface area (Å²) in [5.41, 5.74) is 0.924. The van der Waals surface area contributed by atoms with Crippen molar-refractivity contribution in [2.24, 2.45) is 0 Å². The fraction of sp³-hybridized carbons (Fsp3) is 0.381. The smallest absolute Gasteiger partial charge is 0.251 e. The van der Waals surface area contributed by atoms with Crippen molar-refractivity contribution in [3.63, 3.8) is 0 Å². The molecule has 0 aliphatic rings. The molecular weight excluding hydrogens is 392 g/mol. The molecule has 0 aliphatic carbocycles. The lowest BCUT2D eigenvalue weighted by Crippen LogP contribution is -2.27. The van der Waals surface area contributed by atoms with E-state index >= 15 is 0 Å².